The van der Waals surface area contributed by atoms with Gasteiger partial charge < -0.3 is 5.32 Å². The Morgan fingerprint density at radius 2 is 2.29 bits per heavy atom. The van der Waals surface area contributed by atoms with Crippen LogP contribution in [-0.4, -0.2) is 30.1 Å². The van der Waals surface area contributed by atoms with Crippen molar-refractivity contribution in [3.05, 3.63) is 21.9 Å². The fourth-order valence-electron chi connectivity index (χ4n) is 2.29. The fraction of sp³-hybridized carbons (Fsp3) is 0.714. The van der Waals surface area contributed by atoms with Crippen molar-refractivity contribution < 1.29 is 0 Å². The maximum atomic E-state index is 3.61. The van der Waals surface area contributed by atoms with Gasteiger partial charge in [-0.1, -0.05) is 6.92 Å². The van der Waals surface area contributed by atoms with Crippen molar-refractivity contribution >= 4 is 11.3 Å². The number of nitrogens with zero attached hydrogens (tertiary/aromatic N) is 1. The number of fused-ring (bicyclic) bond motifs is 1. The second-order valence-electron chi connectivity index (χ2n) is 5.16. The number of hydrogen-bond donors (Lipinski definition) is 1. The number of hydrogen-bond acceptors (Lipinski definition) is 3. The monoisotopic (exact) mass is 252 g/mol. The summed E-state index contributed by atoms with van der Waals surface area (Å²) in [6.45, 7) is 10.3. The van der Waals surface area contributed by atoms with Gasteiger partial charge in [-0.15, -0.1) is 11.3 Å². The van der Waals surface area contributed by atoms with Gasteiger partial charge in [0.05, 0.1) is 0 Å². The van der Waals surface area contributed by atoms with Crippen molar-refractivity contribution in [1.82, 2.24) is 10.2 Å². The summed E-state index contributed by atoms with van der Waals surface area (Å²) < 4.78 is 0. The zero-order valence-corrected chi connectivity index (χ0v) is 12.0. The second-order valence-corrected chi connectivity index (χ2v) is 6.16. The molecule has 2 unspecified atom stereocenters. The zero-order chi connectivity index (χ0) is 12.3. The lowest BCUT2D eigenvalue weighted by atomic mass is 10.1. The Kier molecular flexibility index (Phi) is 4.60. The summed E-state index contributed by atoms with van der Waals surface area (Å²) in [4.78, 5) is 4.20. The molecule has 0 aliphatic carbocycles. The molecule has 1 aromatic heterocycles. The lowest BCUT2D eigenvalue weighted by molar-refractivity contribution is 0.185. The highest BCUT2D eigenvalue weighted by Crippen LogP contribution is 2.24. The van der Waals surface area contributed by atoms with Crippen molar-refractivity contribution in [1.29, 1.82) is 0 Å². The summed E-state index contributed by atoms with van der Waals surface area (Å²) in [7, 11) is 0. The Morgan fingerprint density at radius 3 is 3.06 bits per heavy atom. The Morgan fingerprint density at radius 1 is 1.47 bits per heavy atom. The van der Waals surface area contributed by atoms with E-state index in [-0.39, 0.29) is 0 Å². The normalized spacial score (nSPS) is 19.9. The molecule has 0 aromatic carbocycles. The van der Waals surface area contributed by atoms with Gasteiger partial charge in [-0.3, -0.25) is 4.90 Å². The fourth-order valence-corrected chi connectivity index (χ4v) is 3.18. The third kappa shape index (κ3) is 3.30. The van der Waals surface area contributed by atoms with Crippen molar-refractivity contribution in [2.45, 2.75) is 52.2 Å². The van der Waals surface area contributed by atoms with Crippen LogP contribution in [0.1, 0.15) is 37.6 Å². The van der Waals surface area contributed by atoms with Crippen molar-refractivity contribution in [2.24, 2.45) is 0 Å². The molecule has 2 nitrogen and oxygen atoms in total. The molecule has 1 aliphatic rings. The molecule has 3 heteroatoms. The molecule has 0 saturated carbocycles. The maximum Gasteiger partial charge on any atom is 0.0248 e. The summed E-state index contributed by atoms with van der Waals surface area (Å²) in [6, 6.07) is 3.57. The van der Waals surface area contributed by atoms with Gasteiger partial charge >= 0.3 is 0 Å². The highest BCUT2D eigenvalue weighted by molar-refractivity contribution is 7.10. The number of thiophene rings is 1. The van der Waals surface area contributed by atoms with E-state index in [4.69, 9.17) is 0 Å². The van der Waals surface area contributed by atoms with Gasteiger partial charge in [-0.05, 0) is 43.7 Å². The predicted molar refractivity (Wildman–Crippen MR) is 75.7 cm³/mol. The van der Waals surface area contributed by atoms with Crippen molar-refractivity contribution in [3.8, 4) is 0 Å². The highest BCUT2D eigenvalue weighted by atomic mass is 32.1. The minimum absolute atomic E-state index is 0.636. The van der Waals surface area contributed by atoms with E-state index in [0.29, 0.717) is 12.1 Å². The molecule has 2 rings (SSSR count). The molecule has 2 atom stereocenters. The first kappa shape index (κ1) is 13.1. The van der Waals surface area contributed by atoms with Gasteiger partial charge in [-0.25, -0.2) is 0 Å². The molecule has 0 saturated heterocycles. The van der Waals surface area contributed by atoms with Crippen LogP contribution < -0.4 is 5.32 Å². The van der Waals surface area contributed by atoms with Crippen molar-refractivity contribution in [3.63, 3.8) is 0 Å². The summed E-state index contributed by atoms with van der Waals surface area (Å²) in [5.41, 5.74) is 1.55. The third-order valence-electron chi connectivity index (χ3n) is 3.83. The van der Waals surface area contributed by atoms with Crippen LogP contribution in [0.5, 0.6) is 0 Å². The van der Waals surface area contributed by atoms with E-state index in [1.54, 1.807) is 10.4 Å². The average Bonchev–Trinajstić information content (AvgIpc) is 2.82. The quantitative estimate of drug-likeness (QED) is 0.867. The predicted octanol–water partition coefficient (Wildman–Crippen LogP) is 2.88. The standard InChI is InChI=1S/C14H24N2S/c1-4-11(2)15-9-12(3)16-7-5-14-13(10-16)6-8-17-14/h6,8,11-12,15H,4-5,7,9-10H2,1-3H3. The summed E-state index contributed by atoms with van der Waals surface area (Å²) in [6.07, 6.45) is 2.45. The summed E-state index contributed by atoms with van der Waals surface area (Å²) >= 11 is 1.92. The van der Waals surface area contributed by atoms with Crippen LogP contribution in [-0.2, 0) is 13.0 Å². The Hall–Kier alpha value is -0.380. The second kappa shape index (κ2) is 5.98. The number of nitrogens with one attached hydrogen (secondary N) is 1. The molecule has 17 heavy (non-hydrogen) atoms. The van der Waals surface area contributed by atoms with Gasteiger partial charge in [0.2, 0.25) is 0 Å². The zero-order valence-electron chi connectivity index (χ0n) is 11.2. The highest BCUT2D eigenvalue weighted by Gasteiger charge is 2.21. The van der Waals surface area contributed by atoms with E-state index < -0.39 is 0 Å². The smallest absolute Gasteiger partial charge is 0.0248 e. The van der Waals surface area contributed by atoms with E-state index in [1.165, 1.54) is 19.4 Å². The van der Waals surface area contributed by atoms with E-state index in [2.05, 4.69) is 42.4 Å². The minimum Gasteiger partial charge on any atom is -0.313 e. The number of rotatable bonds is 5. The SMILES string of the molecule is CCC(C)NCC(C)N1CCc2sccc2C1. The first-order chi connectivity index (χ1) is 8.20. The van der Waals surface area contributed by atoms with E-state index in [0.717, 1.165) is 13.1 Å². The van der Waals surface area contributed by atoms with Gasteiger partial charge in [0.15, 0.2) is 0 Å². The molecule has 96 valence electrons. The summed E-state index contributed by atoms with van der Waals surface area (Å²) in [5, 5.41) is 5.84. The van der Waals surface area contributed by atoms with Gasteiger partial charge in [0.1, 0.15) is 0 Å². The van der Waals surface area contributed by atoms with Gasteiger partial charge in [-0.2, -0.15) is 0 Å². The van der Waals surface area contributed by atoms with Crippen LogP contribution >= 0.6 is 11.3 Å². The average molecular weight is 252 g/mol. The molecule has 1 aliphatic heterocycles. The molecule has 1 N–H and O–H groups in total. The van der Waals surface area contributed by atoms with Crippen LogP contribution in [0.25, 0.3) is 0 Å². The molecular weight excluding hydrogens is 228 g/mol. The van der Waals surface area contributed by atoms with E-state index in [1.807, 2.05) is 11.3 Å². The van der Waals surface area contributed by atoms with Crippen LogP contribution in [0.2, 0.25) is 0 Å². The molecule has 0 spiro atoms. The minimum atomic E-state index is 0.636. The Labute approximate surface area is 109 Å². The van der Waals surface area contributed by atoms with Crippen LogP contribution in [0.4, 0.5) is 0 Å². The van der Waals surface area contributed by atoms with E-state index in [9.17, 15) is 0 Å². The third-order valence-corrected chi connectivity index (χ3v) is 4.86. The van der Waals surface area contributed by atoms with E-state index >= 15 is 0 Å². The van der Waals surface area contributed by atoms with Crippen molar-refractivity contribution in [2.75, 3.05) is 13.1 Å². The lowest BCUT2D eigenvalue weighted by Crippen LogP contribution is -2.44. The van der Waals surface area contributed by atoms with Gasteiger partial charge in [0, 0.05) is 36.6 Å². The van der Waals surface area contributed by atoms with Crippen LogP contribution in [0.15, 0.2) is 11.4 Å². The topological polar surface area (TPSA) is 15.3 Å². The molecule has 0 radical (unpaired) electrons. The molecule has 2 heterocycles. The molecular formula is C14H24N2S. The largest absolute Gasteiger partial charge is 0.313 e. The molecule has 0 amide bonds. The summed E-state index contributed by atoms with van der Waals surface area (Å²) in [5.74, 6) is 0. The molecule has 0 fully saturated rings. The molecule has 1 aromatic rings. The molecule has 0 bridgehead atoms. The Bertz CT molecular complexity index is 348. The lowest BCUT2D eigenvalue weighted by Gasteiger charge is -2.33. The Balaban J connectivity index is 1.83. The van der Waals surface area contributed by atoms with Crippen LogP contribution in [0.3, 0.4) is 0 Å². The first-order valence-electron chi connectivity index (χ1n) is 6.73. The van der Waals surface area contributed by atoms with Crippen LogP contribution in [0, 0.1) is 0 Å². The maximum absolute atomic E-state index is 3.61. The first-order valence-corrected chi connectivity index (χ1v) is 7.61. The van der Waals surface area contributed by atoms with Gasteiger partial charge in [0.25, 0.3) is 0 Å².